The van der Waals surface area contributed by atoms with Gasteiger partial charge in [-0.05, 0) is 46.6 Å². The van der Waals surface area contributed by atoms with E-state index in [1.165, 1.54) is 12.1 Å². The molecule has 0 saturated heterocycles. The zero-order chi connectivity index (χ0) is 14.2. The van der Waals surface area contributed by atoms with Crippen LogP contribution in [0.15, 0.2) is 22.7 Å². The Hall–Kier alpha value is -1.04. The summed E-state index contributed by atoms with van der Waals surface area (Å²) in [6.45, 7) is 1.77. The Labute approximate surface area is 128 Å². The minimum absolute atomic E-state index is 0.174. The number of nitrogens with one attached hydrogen (secondary N) is 1. The summed E-state index contributed by atoms with van der Waals surface area (Å²) in [6, 6.07) is 4.51. The van der Waals surface area contributed by atoms with Gasteiger partial charge in [-0.25, -0.2) is 9.37 Å². The molecular weight excluding hydrogens is 356 g/mol. The van der Waals surface area contributed by atoms with Crippen LogP contribution in [0.25, 0.3) is 0 Å². The lowest BCUT2D eigenvalue weighted by Gasteiger charge is -2.12. The Bertz CT molecular complexity index is 594. The predicted molar refractivity (Wildman–Crippen MR) is 80.8 cm³/mol. The Kier molecular flexibility index (Phi) is 4.18. The number of nitrogens with two attached hydrogens (primary N) is 1. The van der Waals surface area contributed by atoms with E-state index in [9.17, 15) is 4.39 Å². The molecule has 0 unspecified atom stereocenters. The van der Waals surface area contributed by atoms with E-state index in [0.29, 0.717) is 26.6 Å². The number of pyridine rings is 1. The van der Waals surface area contributed by atoms with E-state index in [1.807, 2.05) is 0 Å². The number of aryl methyl sites for hydroxylation is 1. The molecule has 0 radical (unpaired) electrons. The largest absolute Gasteiger partial charge is 0.382 e. The molecule has 0 fully saturated rings. The number of benzene rings is 1. The number of hydrogen-bond acceptors (Lipinski definition) is 3. The normalized spacial score (nSPS) is 10.6. The van der Waals surface area contributed by atoms with Crippen molar-refractivity contribution in [3.8, 4) is 0 Å². The molecule has 1 aromatic heterocycles. The molecular formula is C12H9BrCl2FN3. The number of halogens is 4. The Balaban J connectivity index is 2.42. The van der Waals surface area contributed by atoms with Gasteiger partial charge in [-0.3, -0.25) is 0 Å². The van der Waals surface area contributed by atoms with Crippen LogP contribution in [0.3, 0.4) is 0 Å². The highest BCUT2D eigenvalue weighted by Crippen LogP contribution is 2.32. The topological polar surface area (TPSA) is 50.9 Å². The van der Waals surface area contributed by atoms with Crippen molar-refractivity contribution in [2.45, 2.75) is 6.92 Å². The van der Waals surface area contributed by atoms with Crippen molar-refractivity contribution in [2.75, 3.05) is 11.1 Å². The second kappa shape index (κ2) is 5.53. The Morgan fingerprint density at radius 3 is 2.63 bits per heavy atom. The molecule has 0 atom stereocenters. The second-order valence-electron chi connectivity index (χ2n) is 3.89. The molecule has 0 bridgehead atoms. The lowest BCUT2D eigenvalue weighted by molar-refractivity contribution is 0.620. The van der Waals surface area contributed by atoms with Crippen molar-refractivity contribution in [1.82, 2.24) is 4.98 Å². The summed E-state index contributed by atoms with van der Waals surface area (Å²) in [7, 11) is 0. The van der Waals surface area contributed by atoms with Crippen LogP contribution in [0.1, 0.15) is 5.56 Å². The van der Waals surface area contributed by atoms with Crippen molar-refractivity contribution in [1.29, 1.82) is 0 Å². The first-order chi connectivity index (χ1) is 8.88. The van der Waals surface area contributed by atoms with Crippen LogP contribution in [0.4, 0.5) is 21.7 Å². The van der Waals surface area contributed by atoms with Crippen molar-refractivity contribution >= 4 is 56.5 Å². The van der Waals surface area contributed by atoms with Gasteiger partial charge >= 0.3 is 0 Å². The highest BCUT2D eigenvalue weighted by Gasteiger charge is 2.10. The first-order valence-corrected chi connectivity index (χ1v) is 6.77. The standard InChI is InChI=1S/C12H9BrCl2FN3/c1-5-2-9(16)6(13)3-10(5)18-12-8(15)4-7(14)11(17)19-12/h2-4H,1H3,(H3,17,18,19). The van der Waals surface area contributed by atoms with Gasteiger partial charge in [-0.15, -0.1) is 0 Å². The van der Waals surface area contributed by atoms with Crippen LogP contribution in [0, 0.1) is 12.7 Å². The average molecular weight is 365 g/mol. The SMILES string of the molecule is Cc1cc(F)c(Br)cc1Nc1nc(N)c(Cl)cc1Cl. The van der Waals surface area contributed by atoms with Crippen LogP contribution in [-0.4, -0.2) is 4.98 Å². The van der Waals surface area contributed by atoms with E-state index in [0.717, 1.165) is 0 Å². The van der Waals surface area contributed by atoms with Gasteiger partial charge in [0.25, 0.3) is 0 Å². The zero-order valence-corrected chi connectivity index (χ0v) is 12.9. The first kappa shape index (κ1) is 14.4. The molecule has 2 aromatic rings. The minimum atomic E-state index is -0.335. The van der Waals surface area contributed by atoms with Crippen molar-refractivity contribution < 1.29 is 4.39 Å². The Morgan fingerprint density at radius 1 is 1.26 bits per heavy atom. The maximum atomic E-state index is 13.3. The molecule has 0 spiro atoms. The smallest absolute Gasteiger partial charge is 0.151 e. The van der Waals surface area contributed by atoms with Gasteiger partial charge in [0, 0.05) is 5.69 Å². The molecule has 7 heteroatoms. The molecule has 0 aliphatic rings. The summed E-state index contributed by atoms with van der Waals surface area (Å²) in [5.41, 5.74) is 7.01. The number of hydrogen-bond donors (Lipinski definition) is 2. The third kappa shape index (κ3) is 3.11. The molecule has 0 amide bonds. The van der Waals surface area contributed by atoms with Gasteiger partial charge < -0.3 is 11.1 Å². The number of rotatable bonds is 2. The van der Waals surface area contributed by atoms with E-state index in [4.69, 9.17) is 28.9 Å². The lowest BCUT2D eigenvalue weighted by atomic mass is 10.2. The number of nitrogens with zero attached hydrogens (tertiary/aromatic N) is 1. The van der Waals surface area contributed by atoms with Crippen LogP contribution in [0.2, 0.25) is 10.0 Å². The summed E-state index contributed by atoms with van der Waals surface area (Å²) in [4.78, 5) is 4.05. The van der Waals surface area contributed by atoms with Crippen LogP contribution in [0.5, 0.6) is 0 Å². The number of anilines is 3. The highest BCUT2D eigenvalue weighted by atomic mass is 79.9. The van der Waals surface area contributed by atoms with Crippen LogP contribution < -0.4 is 11.1 Å². The summed E-state index contributed by atoms with van der Waals surface area (Å²) in [5, 5.41) is 3.62. The van der Waals surface area contributed by atoms with Gasteiger partial charge in [-0.2, -0.15) is 0 Å². The monoisotopic (exact) mass is 363 g/mol. The molecule has 0 saturated carbocycles. The maximum Gasteiger partial charge on any atom is 0.151 e. The molecule has 0 aliphatic heterocycles. The molecule has 0 aliphatic carbocycles. The van der Waals surface area contributed by atoms with Crippen molar-refractivity contribution in [3.05, 3.63) is 44.1 Å². The lowest BCUT2D eigenvalue weighted by Crippen LogP contribution is -2.01. The summed E-state index contributed by atoms with van der Waals surface area (Å²) in [5.74, 6) is 0.204. The molecule has 1 aromatic carbocycles. The second-order valence-corrected chi connectivity index (χ2v) is 5.56. The van der Waals surface area contributed by atoms with Gasteiger partial charge in [0.05, 0.1) is 14.5 Å². The Morgan fingerprint density at radius 2 is 1.95 bits per heavy atom. The fourth-order valence-corrected chi connectivity index (χ4v) is 2.23. The van der Waals surface area contributed by atoms with Gasteiger partial charge in [-0.1, -0.05) is 23.2 Å². The number of aromatic nitrogens is 1. The molecule has 100 valence electrons. The third-order valence-electron chi connectivity index (χ3n) is 2.48. The van der Waals surface area contributed by atoms with E-state index in [2.05, 4.69) is 26.2 Å². The van der Waals surface area contributed by atoms with Crippen molar-refractivity contribution in [3.63, 3.8) is 0 Å². The summed E-state index contributed by atoms with van der Waals surface area (Å²) < 4.78 is 13.7. The molecule has 2 rings (SSSR count). The average Bonchev–Trinajstić information content (AvgIpc) is 2.32. The molecule has 19 heavy (non-hydrogen) atoms. The zero-order valence-electron chi connectivity index (χ0n) is 9.77. The van der Waals surface area contributed by atoms with Gasteiger partial charge in [0.15, 0.2) is 5.82 Å². The summed E-state index contributed by atoms with van der Waals surface area (Å²) >= 11 is 15.0. The maximum absolute atomic E-state index is 13.3. The predicted octanol–water partition coefficient (Wildman–Crippen LogP) is 4.92. The quantitative estimate of drug-likeness (QED) is 0.794. The fourth-order valence-electron chi connectivity index (χ4n) is 1.48. The van der Waals surface area contributed by atoms with E-state index < -0.39 is 0 Å². The molecule has 3 N–H and O–H groups in total. The summed E-state index contributed by atoms with van der Waals surface area (Å²) in [6.07, 6.45) is 0. The molecule has 3 nitrogen and oxygen atoms in total. The minimum Gasteiger partial charge on any atom is -0.382 e. The molecule has 1 heterocycles. The van der Waals surface area contributed by atoms with E-state index in [-0.39, 0.29) is 16.7 Å². The van der Waals surface area contributed by atoms with E-state index in [1.54, 1.807) is 13.0 Å². The van der Waals surface area contributed by atoms with Crippen LogP contribution >= 0.6 is 39.1 Å². The van der Waals surface area contributed by atoms with Crippen LogP contribution in [-0.2, 0) is 0 Å². The van der Waals surface area contributed by atoms with Gasteiger partial charge in [0.2, 0.25) is 0 Å². The highest BCUT2D eigenvalue weighted by molar-refractivity contribution is 9.10. The first-order valence-electron chi connectivity index (χ1n) is 5.22. The fraction of sp³-hybridized carbons (Fsp3) is 0.0833. The number of nitrogen functional groups attached to an aromatic ring is 1. The van der Waals surface area contributed by atoms with E-state index >= 15 is 0 Å². The van der Waals surface area contributed by atoms with Crippen molar-refractivity contribution in [2.24, 2.45) is 0 Å². The third-order valence-corrected chi connectivity index (χ3v) is 3.68. The van der Waals surface area contributed by atoms with Gasteiger partial charge in [0.1, 0.15) is 11.6 Å².